The van der Waals surface area contributed by atoms with Gasteiger partial charge in [0.25, 0.3) is 0 Å². The van der Waals surface area contributed by atoms with Crippen LogP contribution in [0.4, 0.5) is 13.6 Å². The van der Waals surface area contributed by atoms with E-state index >= 15 is 0 Å². The summed E-state index contributed by atoms with van der Waals surface area (Å²) in [5.41, 5.74) is -0.352. The van der Waals surface area contributed by atoms with Crippen LogP contribution in [0.1, 0.15) is 25.5 Å². The highest BCUT2D eigenvalue weighted by Crippen LogP contribution is 2.37. The topological polar surface area (TPSA) is 38.3 Å². The fourth-order valence-corrected chi connectivity index (χ4v) is 1.93. The second kappa shape index (κ2) is 5.10. The van der Waals surface area contributed by atoms with Crippen LogP contribution >= 0.6 is 12.4 Å². The Bertz CT molecular complexity index is 465. The number of amides is 1. The van der Waals surface area contributed by atoms with Gasteiger partial charge in [-0.2, -0.15) is 0 Å². The summed E-state index contributed by atoms with van der Waals surface area (Å²) in [6.07, 6.45) is -0.613. The van der Waals surface area contributed by atoms with E-state index in [-0.39, 0.29) is 24.6 Å². The van der Waals surface area contributed by atoms with Crippen molar-refractivity contribution in [3.05, 3.63) is 35.4 Å². The molecule has 1 heterocycles. The summed E-state index contributed by atoms with van der Waals surface area (Å²) in [7, 11) is 0. The first-order valence-corrected chi connectivity index (χ1v) is 5.29. The number of rotatable bonds is 1. The van der Waals surface area contributed by atoms with E-state index in [4.69, 9.17) is 4.74 Å². The second-order valence-corrected chi connectivity index (χ2v) is 4.79. The summed E-state index contributed by atoms with van der Waals surface area (Å²) in [6.45, 7) is 3.81. The van der Waals surface area contributed by atoms with E-state index in [0.717, 1.165) is 6.07 Å². The number of nitrogens with one attached hydrogen (secondary N) is 1. The molecule has 1 aromatic carbocycles. The predicted octanol–water partition coefficient (Wildman–Crippen LogP) is 3.19. The predicted molar refractivity (Wildman–Crippen MR) is 64.6 cm³/mol. The minimum atomic E-state index is -0.923. The number of alkyl carbamates (subject to hydrolysis) is 1. The normalized spacial score (nSPS) is 21.6. The van der Waals surface area contributed by atoms with Crippen LogP contribution in [0.3, 0.4) is 0 Å². The SMILES string of the molecule is CC1(C)COC(=O)N[C@H]1c1cccc(F)c1F.Cl. The van der Waals surface area contributed by atoms with E-state index in [1.165, 1.54) is 12.1 Å². The Balaban J connectivity index is 0.00000162. The first-order chi connectivity index (χ1) is 7.92. The Morgan fingerprint density at radius 1 is 1.39 bits per heavy atom. The molecule has 18 heavy (non-hydrogen) atoms. The van der Waals surface area contributed by atoms with Crippen LogP contribution in [-0.4, -0.2) is 12.7 Å². The van der Waals surface area contributed by atoms with Crippen molar-refractivity contribution in [2.45, 2.75) is 19.9 Å². The average Bonchev–Trinajstić information content (AvgIpc) is 2.26. The lowest BCUT2D eigenvalue weighted by Gasteiger charge is -2.38. The monoisotopic (exact) mass is 277 g/mol. The minimum Gasteiger partial charge on any atom is -0.449 e. The Morgan fingerprint density at radius 2 is 2.06 bits per heavy atom. The van der Waals surface area contributed by atoms with Gasteiger partial charge in [-0.25, -0.2) is 13.6 Å². The van der Waals surface area contributed by atoms with E-state index in [9.17, 15) is 13.6 Å². The van der Waals surface area contributed by atoms with Gasteiger partial charge < -0.3 is 10.1 Å². The average molecular weight is 278 g/mol. The molecule has 0 spiro atoms. The van der Waals surface area contributed by atoms with Crippen molar-refractivity contribution in [1.29, 1.82) is 0 Å². The van der Waals surface area contributed by atoms with Gasteiger partial charge in [-0.15, -0.1) is 12.4 Å². The van der Waals surface area contributed by atoms with Crippen LogP contribution in [0, 0.1) is 17.0 Å². The summed E-state index contributed by atoms with van der Waals surface area (Å²) in [5, 5.41) is 2.52. The van der Waals surface area contributed by atoms with Gasteiger partial charge in [0.15, 0.2) is 11.6 Å². The standard InChI is InChI=1S/C12H13F2NO2.ClH/c1-12(2)6-17-11(16)15-10(12)7-4-3-5-8(13)9(7)14;/h3-5,10H,6H2,1-2H3,(H,15,16);1H/t10-;/m0./s1. The van der Waals surface area contributed by atoms with Gasteiger partial charge in [0.05, 0.1) is 6.04 Å². The summed E-state index contributed by atoms with van der Waals surface area (Å²) in [6, 6.07) is 3.34. The third-order valence-electron chi connectivity index (χ3n) is 2.91. The zero-order valence-electron chi connectivity index (χ0n) is 10.00. The second-order valence-electron chi connectivity index (χ2n) is 4.79. The number of halogens is 3. The zero-order valence-corrected chi connectivity index (χ0v) is 10.8. The van der Waals surface area contributed by atoms with Crippen molar-refractivity contribution in [1.82, 2.24) is 5.32 Å². The molecule has 1 aromatic rings. The molecule has 2 rings (SSSR count). The van der Waals surface area contributed by atoms with Crippen molar-refractivity contribution in [2.24, 2.45) is 5.41 Å². The maximum absolute atomic E-state index is 13.7. The Labute approximate surface area is 110 Å². The molecular weight excluding hydrogens is 264 g/mol. The maximum Gasteiger partial charge on any atom is 0.407 e. The van der Waals surface area contributed by atoms with Crippen molar-refractivity contribution in [2.75, 3.05) is 6.61 Å². The number of carbonyl (C=O) groups is 1. The molecule has 1 N–H and O–H groups in total. The molecule has 1 fully saturated rings. The third-order valence-corrected chi connectivity index (χ3v) is 2.91. The highest BCUT2D eigenvalue weighted by molar-refractivity contribution is 5.85. The molecule has 6 heteroatoms. The quantitative estimate of drug-likeness (QED) is 0.856. The van der Waals surface area contributed by atoms with E-state index in [1.807, 2.05) is 13.8 Å². The summed E-state index contributed by atoms with van der Waals surface area (Å²) >= 11 is 0. The molecule has 3 nitrogen and oxygen atoms in total. The highest BCUT2D eigenvalue weighted by atomic mass is 35.5. The number of carbonyl (C=O) groups excluding carboxylic acids is 1. The molecule has 1 aliphatic rings. The minimum absolute atomic E-state index is 0. The van der Waals surface area contributed by atoms with E-state index in [1.54, 1.807) is 0 Å². The first kappa shape index (κ1) is 14.7. The lowest BCUT2D eigenvalue weighted by Crippen LogP contribution is -2.47. The Kier molecular flexibility index (Phi) is 4.16. The number of hydrogen-bond acceptors (Lipinski definition) is 2. The van der Waals surface area contributed by atoms with E-state index in [0.29, 0.717) is 0 Å². The molecule has 1 atom stereocenters. The highest BCUT2D eigenvalue weighted by Gasteiger charge is 2.39. The third kappa shape index (κ3) is 2.56. The molecule has 0 bridgehead atoms. The van der Waals surface area contributed by atoms with Gasteiger partial charge in [0.2, 0.25) is 0 Å². The molecule has 1 aliphatic heterocycles. The van der Waals surface area contributed by atoms with Crippen molar-refractivity contribution < 1.29 is 18.3 Å². The van der Waals surface area contributed by atoms with Gasteiger partial charge in [-0.05, 0) is 6.07 Å². The zero-order chi connectivity index (χ0) is 12.6. The van der Waals surface area contributed by atoms with Gasteiger partial charge in [0, 0.05) is 11.0 Å². The van der Waals surface area contributed by atoms with Gasteiger partial charge in [-0.3, -0.25) is 0 Å². The first-order valence-electron chi connectivity index (χ1n) is 5.29. The summed E-state index contributed by atoms with van der Waals surface area (Å²) < 4.78 is 31.7. The Hall–Kier alpha value is -1.36. The fourth-order valence-electron chi connectivity index (χ4n) is 1.93. The van der Waals surface area contributed by atoms with Crippen LogP contribution in [0.2, 0.25) is 0 Å². The van der Waals surface area contributed by atoms with Crippen LogP contribution in [0.15, 0.2) is 18.2 Å². The van der Waals surface area contributed by atoms with Gasteiger partial charge in [-0.1, -0.05) is 26.0 Å². The number of hydrogen-bond donors (Lipinski definition) is 1. The summed E-state index contributed by atoms with van der Waals surface area (Å²) in [4.78, 5) is 11.2. The molecule has 0 radical (unpaired) electrons. The molecule has 0 aliphatic carbocycles. The lowest BCUT2D eigenvalue weighted by atomic mass is 9.80. The number of benzene rings is 1. The van der Waals surface area contributed by atoms with Crippen LogP contribution < -0.4 is 5.32 Å². The molecular formula is C12H14ClF2NO2. The molecule has 0 unspecified atom stereocenters. The van der Waals surface area contributed by atoms with Crippen molar-refractivity contribution in [3.63, 3.8) is 0 Å². The van der Waals surface area contributed by atoms with Crippen LogP contribution in [-0.2, 0) is 4.74 Å². The van der Waals surface area contributed by atoms with Crippen molar-refractivity contribution >= 4 is 18.5 Å². The van der Waals surface area contributed by atoms with Gasteiger partial charge >= 0.3 is 6.09 Å². The Morgan fingerprint density at radius 3 is 2.72 bits per heavy atom. The fraction of sp³-hybridized carbons (Fsp3) is 0.417. The molecule has 0 saturated carbocycles. The number of ether oxygens (including phenoxy) is 1. The van der Waals surface area contributed by atoms with E-state index in [2.05, 4.69) is 5.32 Å². The molecule has 0 aromatic heterocycles. The smallest absolute Gasteiger partial charge is 0.407 e. The van der Waals surface area contributed by atoms with Crippen LogP contribution in [0.25, 0.3) is 0 Å². The molecule has 100 valence electrons. The molecule has 1 amide bonds. The van der Waals surface area contributed by atoms with Crippen LogP contribution in [0.5, 0.6) is 0 Å². The largest absolute Gasteiger partial charge is 0.449 e. The maximum atomic E-state index is 13.7. The van der Waals surface area contributed by atoms with E-state index < -0.39 is 29.2 Å². The summed E-state index contributed by atoms with van der Waals surface area (Å²) in [5.74, 6) is -1.84. The molecule has 1 saturated heterocycles. The lowest BCUT2D eigenvalue weighted by molar-refractivity contribution is 0.0376. The van der Waals surface area contributed by atoms with Gasteiger partial charge in [0.1, 0.15) is 6.61 Å². The number of cyclic esters (lactones) is 1. The van der Waals surface area contributed by atoms with Crippen molar-refractivity contribution in [3.8, 4) is 0 Å².